The number of carbonyl (C=O) groups is 1. The van der Waals surface area contributed by atoms with Crippen LogP contribution in [0.25, 0.3) is 0 Å². The number of carbonyl (C=O) groups excluding carboxylic acids is 1. The lowest BCUT2D eigenvalue weighted by Gasteiger charge is -2.61. The number of hydrogen-bond donors (Lipinski definition) is 1. The molecule has 5 aliphatic rings. The van der Waals surface area contributed by atoms with Crippen LogP contribution in [0.2, 0.25) is 0 Å². The predicted octanol–water partition coefficient (Wildman–Crippen LogP) is 6.68. The van der Waals surface area contributed by atoms with Crippen molar-refractivity contribution in [3.05, 3.63) is 0 Å². The number of fused-ring (bicyclic) bond motifs is 5. The fourth-order valence-electron chi connectivity index (χ4n) is 10.7. The molecule has 4 aliphatic carbocycles. The summed E-state index contributed by atoms with van der Waals surface area (Å²) in [6.07, 6.45) is 18.7. The van der Waals surface area contributed by atoms with Gasteiger partial charge in [0.25, 0.3) is 0 Å². The molecule has 206 valence electrons. The first-order valence-electron chi connectivity index (χ1n) is 15.9. The molecule has 4 heteroatoms. The van der Waals surface area contributed by atoms with Crippen LogP contribution in [0.15, 0.2) is 0 Å². The molecule has 36 heavy (non-hydrogen) atoms. The van der Waals surface area contributed by atoms with Crippen LogP contribution >= 0.6 is 0 Å². The summed E-state index contributed by atoms with van der Waals surface area (Å²) in [6, 6.07) is 0.754. The number of piperidine rings is 1. The number of methoxy groups -OCH3 is 1. The van der Waals surface area contributed by atoms with Crippen LogP contribution in [-0.4, -0.2) is 50.2 Å². The molecule has 0 aromatic rings. The van der Waals surface area contributed by atoms with Crippen LogP contribution in [0.4, 0.5) is 0 Å². The molecule has 0 spiro atoms. The molecule has 9 atom stereocenters. The number of rotatable bonds is 8. The SMILES string of the molecule is COC(=O)CC[C@@H](C)[C@H]1CCC2C3CC[C@H]4C[C@H](NCCN5CCCCC5)CC[C@]4(C)C3CC[C@@]21C. The summed E-state index contributed by atoms with van der Waals surface area (Å²) in [5.74, 6) is 5.14. The third-order valence-corrected chi connectivity index (χ3v) is 12.8. The number of ether oxygens (including phenoxy) is 1. The summed E-state index contributed by atoms with van der Waals surface area (Å²) >= 11 is 0. The molecule has 4 saturated carbocycles. The van der Waals surface area contributed by atoms with Gasteiger partial charge in [-0.25, -0.2) is 0 Å². The molecule has 0 radical (unpaired) electrons. The lowest BCUT2D eigenvalue weighted by molar-refractivity contribution is -0.141. The smallest absolute Gasteiger partial charge is 0.305 e. The third-order valence-electron chi connectivity index (χ3n) is 12.8. The van der Waals surface area contributed by atoms with Gasteiger partial charge in [0.2, 0.25) is 0 Å². The zero-order valence-electron chi connectivity index (χ0n) is 24.0. The summed E-state index contributed by atoms with van der Waals surface area (Å²) in [5.41, 5.74) is 1.07. The first-order chi connectivity index (χ1) is 17.3. The molecule has 5 fully saturated rings. The minimum atomic E-state index is -0.0342. The molecule has 1 heterocycles. The summed E-state index contributed by atoms with van der Waals surface area (Å²) in [6.45, 7) is 12.9. The van der Waals surface area contributed by atoms with Gasteiger partial charge in [0, 0.05) is 25.6 Å². The van der Waals surface area contributed by atoms with E-state index in [0.717, 1.165) is 42.1 Å². The summed E-state index contributed by atoms with van der Waals surface area (Å²) in [7, 11) is 1.53. The highest BCUT2D eigenvalue weighted by molar-refractivity contribution is 5.69. The summed E-state index contributed by atoms with van der Waals surface area (Å²) in [4.78, 5) is 14.5. The second kappa shape index (κ2) is 11.2. The van der Waals surface area contributed by atoms with Gasteiger partial charge >= 0.3 is 5.97 Å². The minimum absolute atomic E-state index is 0.0342. The largest absolute Gasteiger partial charge is 0.469 e. The van der Waals surface area contributed by atoms with Crippen molar-refractivity contribution in [1.82, 2.24) is 10.2 Å². The number of hydrogen-bond acceptors (Lipinski definition) is 4. The van der Waals surface area contributed by atoms with Crippen LogP contribution in [0.3, 0.4) is 0 Å². The van der Waals surface area contributed by atoms with E-state index in [4.69, 9.17) is 4.74 Å². The van der Waals surface area contributed by atoms with Gasteiger partial charge in [-0.05, 0) is 136 Å². The fourth-order valence-corrected chi connectivity index (χ4v) is 10.7. The second-order valence-corrected chi connectivity index (χ2v) is 14.3. The molecule has 0 aromatic heterocycles. The second-order valence-electron chi connectivity index (χ2n) is 14.3. The first kappa shape index (κ1) is 27.0. The molecule has 0 amide bonds. The Kier molecular flexibility index (Phi) is 8.43. The average Bonchev–Trinajstić information content (AvgIpc) is 3.25. The van der Waals surface area contributed by atoms with Crippen LogP contribution in [0, 0.1) is 46.3 Å². The van der Waals surface area contributed by atoms with Crippen molar-refractivity contribution in [2.75, 3.05) is 33.3 Å². The van der Waals surface area contributed by atoms with Gasteiger partial charge in [-0.3, -0.25) is 4.79 Å². The van der Waals surface area contributed by atoms with E-state index in [2.05, 4.69) is 31.0 Å². The van der Waals surface area contributed by atoms with Crippen molar-refractivity contribution in [3.8, 4) is 0 Å². The molecule has 1 saturated heterocycles. The van der Waals surface area contributed by atoms with Gasteiger partial charge in [-0.2, -0.15) is 0 Å². The molecular weight excluding hydrogens is 444 g/mol. The van der Waals surface area contributed by atoms with Crippen LogP contribution < -0.4 is 5.32 Å². The van der Waals surface area contributed by atoms with E-state index in [0.29, 0.717) is 23.2 Å². The zero-order chi connectivity index (χ0) is 25.3. The van der Waals surface area contributed by atoms with Crippen molar-refractivity contribution in [2.45, 2.75) is 117 Å². The van der Waals surface area contributed by atoms with Gasteiger partial charge in [-0.1, -0.05) is 27.2 Å². The van der Waals surface area contributed by atoms with Gasteiger partial charge in [0.15, 0.2) is 0 Å². The maximum atomic E-state index is 11.8. The molecule has 0 aromatic carbocycles. The molecule has 1 N–H and O–H groups in total. The van der Waals surface area contributed by atoms with Crippen molar-refractivity contribution >= 4 is 5.97 Å². The Morgan fingerprint density at radius 3 is 2.50 bits per heavy atom. The number of nitrogens with one attached hydrogen (secondary N) is 1. The standard InChI is InChI=1S/C32H56N2O2/c1-23(8-13-30(35)36-4)27-11-12-28-26-10-9-24-22-25(33-18-21-34-19-6-5-7-20-34)14-16-31(24,2)29(26)15-17-32(27,28)3/h23-29,33H,5-22H2,1-4H3/t23-,24+,25-,26?,27-,28?,29?,31+,32-/m1/s1. The van der Waals surface area contributed by atoms with E-state index >= 15 is 0 Å². The molecule has 1 aliphatic heterocycles. The van der Waals surface area contributed by atoms with Gasteiger partial charge in [0.05, 0.1) is 7.11 Å². The Morgan fingerprint density at radius 2 is 1.72 bits per heavy atom. The number of likely N-dealkylation sites (tertiary alicyclic amines) is 1. The molecular formula is C32H56N2O2. The van der Waals surface area contributed by atoms with Gasteiger partial charge in [0.1, 0.15) is 0 Å². The molecule has 0 bridgehead atoms. The summed E-state index contributed by atoms with van der Waals surface area (Å²) < 4.78 is 4.94. The lowest BCUT2D eigenvalue weighted by Crippen LogP contribution is -2.55. The Morgan fingerprint density at radius 1 is 0.972 bits per heavy atom. The third kappa shape index (κ3) is 5.16. The van der Waals surface area contributed by atoms with E-state index in [1.54, 1.807) is 0 Å². The van der Waals surface area contributed by atoms with Gasteiger partial charge < -0.3 is 15.0 Å². The lowest BCUT2D eigenvalue weighted by atomic mass is 9.44. The molecule has 5 rings (SSSR count). The highest BCUT2D eigenvalue weighted by Gasteiger charge is 2.60. The van der Waals surface area contributed by atoms with Crippen LogP contribution in [-0.2, 0) is 9.53 Å². The van der Waals surface area contributed by atoms with E-state index in [1.165, 1.54) is 110 Å². The zero-order valence-corrected chi connectivity index (χ0v) is 24.0. The topological polar surface area (TPSA) is 41.6 Å². The highest BCUT2D eigenvalue weighted by atomic mass is 16.5. The normalized spacial score (nSPS) is 43.8. The highest BCUT2D eigenvalue weighted by Crippen LogP contribution is 2.68. The Bertz CT molecular complexity index is 750. The van der Waals surface area contributed by atoms with Crippen molar-refractivity contribution in [3.63, 3.8) is 0 Å². The maximum Gasteiger partial charge on any atom is 0.305 e. The van der Waals surface area contributed by atoms with Crippen LogP contribution in [0.1, 0.15) is 111 Å². The van der Waals surface area contributed by atoms with Crippen molar-refractivity contribution < 1.29 is 9.53 Å². The Labute approximate surface area is 222 Å². The molecule has 4 nitrogen and oxygen atoms in total. The average molecular weight is 501 g/mol. The summed E-state index contributed by atoms with van der Waals surface area (Å²) in [5, 5.41) is 4.00. The van der Waals surface area contributed by atoms with Crippen molar-refractivity contribution in [2.24, 2.45) is 46.3 Å². The van der Waals surface area contributed by atoms with E-state index in [1.807, 2.05) is 0 Å². The van der Waals surface area contributed by atoms with Crippen LogP contribution in [0.5, 0.6) is 0 Å². The Hall–Kier alpha value is -0.610. The quantitative estimate of drug-likeness (QED) is 0.378. The van der Waals surface area contributed by atoms with Crippen molar-refractivity contribution in [1.29, 1.82) is 0 Å². The predicted molar refractivity (Wildman–Crippen MR) is 148 cm³/mol. The number of esters is 1. The monoisotopic (exact) mass is 500 g/mol. The van der Waals surface area contributed by atoms with Gasteiger partial charge in [-0.15, -0.1) is 0 Å². The fraction of sp³-hybridized carbons (Fsp3) is 0.969. The van der Waals surface area contributed by atoms with E-state index in [9.17, 15) is 4.79 Å². The Balaban J connectivity index is 1.16. The molecule has 3 unspecified atom stereocenters. The van der Waals surface area contributed by atoms with E-state index in [-0.39, 0.29) is 5.97 Å². The van der Waals surface area contributed by atoms with E-state index < -0.39 is 0 Å². The maximum absolute atomic E-state index is 11.8. The minimum Gasteiger partial charge on any atom is -0.469 e. The first-order valence-corrected chi connectivity index (χ1v) is 15.9. The number of nitrogens with zero attached hydrogens (tertiary/aromatic N) is 1.